The van der Waals surface area contributed by atoms with Crippen LogP contribution < -0.4 is 9.47 Å². The Morgan fingerprint density at radius 3 is 1.27 bits per heavy atom. The number of benzene rings is 8. The molecule has 0 radical (unpaired) electrons. The summed E-state index contributed by atoms with van der Waals surface area (Å²) in [5.74, 6) is 1.36. The Balaban J connectivity index is 0.984. The van der Waals surface area contributed by atoms with Gasteiger partial charge in [-0.15, -0.1) is 0 Å². The van der Waals surface area contributed by atoms with Crippen molar-refractivity contribution in [1.82, 2.24) is 0 Å². The molecule has 4 heteroatoms. The summed E-state index contributed by atoms with van der Waals surface area (Å²) in [7, 11) is 0. The molecule has 0 N–H and O–H groups in total. The van der Waals surface area contributed by atoms with Crippen molar-refractivity contribution >= 4 is 12.2 Å². The first-order valence-electron chi connectivity index (χ1n) is 19.7. The summed E-state index contributed by atoms with van der Waals surface area (Å²) in [5, 5.41) is 19.1. The Bertz CT molecular complexity index is 2860. The third kappa shape index (κ3) is 8.85. The Kier molecular flexibility index (Phi) is 11.6. The number of ether oxygens (including phenoxy) is 2. The number of hydrogen-bond acceptors (Lipinski definition) is 4. The zero-order chi connectivity index (χ0) is 41.3. The summed E-state index contributed by atoms with van der Waals surface area (Å²) in [4.78, 5) is 0. The molecule has 0 saturated carbocycles. The van der Waals surface area contributed by atoms with E-state index in [1.807, 2.05) is 103 Å². The second-order valence-electron chi connectivity index (χ2n) is 14.4. The second kappa shape index (κ2) is 18.0. The van der Waals surface area contributed by atoms with Crippen LogP contribution in [0.1, 0.15) is 33.4 Å². The minimum Gasteiger partial charge on any atom is -0.458 e. The van der Waals surface area contributed by atoms with E-state index in [4.69, 9.17) is 14.7 Å². The van der Waals surface area contributed by atoms with Crippen LogP contribution in [0.3, 0.4) is 0 Å². The molecule has 0 fully saturated rings. The van der Waals surface area contributed by atoms with Crippen molar-refractivity contribution in [2.24, 2.45) is 0 Å². The number of rotatable bonds is 13. The van der Waals surface area contributed by atoms with Gasteiger partial charge in [-0.25, -0.2) is 0 Å². The van der Waals surface area contributed by atoms with Crippen molar-refractivity contribution in [2.75, 3.05) is 6.79 Å². The molecule has 8 rings (SSSR count). The van der Waals surface area contributed by atoms with Crippen molar-refractivity contribution in [1.29, 1.82) is 10.5 Å². The molecule has 8 aromatic carbocycles. The SMILES string of the molecule is C=Cc1ccc(-c2ccc(Cc3ccc(-c4ccc(C=C)cc4-c4cc(C#N)ccc4-c4ccc(OCOc5ccc(-c6ccc(C#N)cc6)cc5)cc4)cc3)cc2)cc1. The van der Waals surface area contributed by atoms with Crippen LogP contribution in [-0.2, 0) is 6.42 Å². The molecule has 0 aromatic heterocycles. The average molecular weight is 773 g/mol. The topological polar surface area (TPSA) is 66.0 Å². The zero-order valence-corrected chi connectivity index (χ0v) is 33.0. The first-order chi connectivity index (χ1) is 29.5. The van der Waals surface area contributed by atoms with Crippen LogP contribution in [0.5, 0.6) is 11.5 Å². The summed E-state index contributed by atoms with van der Waals surface area (Å²) < 4.78 is 11.9. The zero-order valence-electron chi connectivity index (χ0n) is 33.0. The first kappa shape index (κ1) is 38.7. The quantitative estimate of drug-likeness (QED) is 0.109. The molecule has 0 unspecified atom stereocenters. The number of nitriles is 2. The molecule has 0 aliphatic heterocycles. The smallest absolute Gasteiger partial charge is 0.230 e. The third-order valence-electron chi connectivity index (χ3n) is 10.6. The Morgan fingerprint density at radius 2 is 0.767 bits per heavy atom. The maximum Gasteiger partial charge on any atom is 0.230 e. The predicted molar refractivity (Wildman–Crippen MR) is 245 cm³/mol. The van der Waals surface area contributed by atoms with Gasteiger partial charge < -0.3 is 9.47 Å². The summed E-state index contributed by atoms with van der Waals surface area (Å²) in [5.41, 5.74) is 16.4. The minimum atomic E-state index is 0.0477. The van der Waals surface area contributed by atoms with Gasteiger partial charge in [-0.1, -0.05) is 153 Å². The fourth-order valence-electron chi connectivity index (χ4n) is 7.29. The lowest BCUT2D eigenvalue weighted by Crippen LogP contribution is -2.05. The van der Waals surface area contributed by atoms with Crippen LogP contribution in [0, 0.1) is 22.7 Å². The van der Waals surface area contributed by atoms with E-state index in [0.717, 1.165) is 62.1 Å². The molecule has 0 atom stereocenters. The molecule has 0 heterocycles. The molecule has 0 bridgehead atoms. The van der Waals surface area contributed by atoms with Gasteiger partial charge in [-0.05, 0) is 139 Å². The van der Waals surface area contributed by atoms with Gasteiger partial charge in [0, 0.05) is 0 Å². The van der Waals surface area contributed by atoms with E-state index in [0.29, 0.717) is 22.6 Å². The molecular weight excluding hydrogens is 733 g/mol. The minimum absolute atomic E-state index is 0.0477. The Morgan fingerprint density at radius 1 is 0.383 bits per heavy atom. The second-order valence-corrected chi connectivity index (χ2v) is 14.4. The lowest BCUT2D eigenvalue weighted by atomic mass is 9.87. The lowest BCUT2D eigenvalue weighted by Gasteiger charge is -2.17. The van der Waals surface area contributed by atoms with Crippen LogP contribution in [0.15, 0.2) is 195 Å². The van der Waals surface area contributed by atoms with Crippen LogP contribution >= 0.6 is 0 Å². The molecule has 0 aliphatic carbocycles. The molecule has 4 nitrogen and oxygen atoms in total. The molecule has 0 spiro atoms. The van der Waals surface area contributed by atoms with Gasteiger partial charge in [0.15, 0.2) is 0 Å². The fourth-order valence-corrected chi connectivity index (χ4v) is 7.29. The van der Waals surface area contributed by atoms with Crippen molar-refractivity contribution < 1.29 is 9.47 Å². The van der Waals surface area contributed by atoms with Gasteiger partial charge in [-0.2, -0.15) is 10.5 Å². The van der Waals surface area contributed by atoms with Gasteiger partial charge >= 0.3 is 0 Å². The van der Waals surface area contributed by atoms with E-state index in [9.17, 15) is 5.26 Å². The normalized spacial score (nSPS) is 10.6. The van der Waals surface area contributed by atoms with E-state index in [1.54, 1.807) is 0 Å². The van der Waals surface area contributed by atoms with Gasteiger partial charge in [0.2, 0.25) is 6.79 Å². The monoisotopic (exact) mass is 772 g/mol. The maximum atomic E-state index is 9.98. The molecule has 286 valence electrons. The highest BCUT2D eigenvalue weighted by Crippen LogP contribution is 2.40. The van der Waals surface area contributed by atoms with Gasteiger partial charge in [0.1, 0.15) is 11.5 Å². The number of hydrogen-bond donors (Lipinski definition) is 0. The van der Waals surface area contributed by atoms with Gasteiger partial charge in [0.05, 0.1) is 23.3 Å². The van der Waals surface area contributed by atoms with E-state index in [2.05, 4.69) is 116 Å². The molecule has 0 amide bonds. The number of nitrogens with zero attached hydrogens (tertiary/aromatic N) is 2. The molecule has 0 saturated heterocycles. The van der Waals surface area contributed by atoms with Crippen LogP contribution in [-0.4, -0.2) is 6.79 Å². The van der Waals surface area contributed by atoms with Crippen molar-refractivity contribution in [2.45, 2.75) is 6.42 Å². The van der Waals surface area contributed by atoms with Crippen LogP contribution in [0.4, 0.5) is 0 Å². The molecule has 8 aromatic rings. The van der Waals surface area contributed by atoms with Crippen molar-refractivity contribution in [3.8, 4) is 79.3 Å². The lowest BCUT2D eigenvalue weighted by molar-refractivity contribution is 0.120. The average Bonchev–Trinajstić information content (AvgIpc) is 3.32. The highest BCUT2D eigenvalue weighted by molar-refractivity contribution is 5.93. The Labute approximate surface area is 351 Å². The first-order valence-corrected chi connectivity index (χ1v) is 19.7. The molecule has 0 aliphatic rings. The Hall–Kier alpha value is -8.18. The molecular formula is C56H40N2O2. The van der Waals surface area contributed by atoms with E-state index < -0.39 is 0 Å². The maximum absolute atomic E-state index is 9.98. The van der Waals surface area contributed by atoms with Gasteiger partial charge in [-0.3, -0.25) is 0 Å². The summed E-state index contributed by atoms with van der Waals surface area (Å²) in [6.45, 7) is 7.95. The van der Waals surface area contributed by atoms with Crippen molar-refractivity contribution in [3.63, 3.8) is 0 Å². The van der Waals surface area contributed by atoms with Crippen molar-refractivity contribution in [3.05, 3.63) is 229 Å². The van der Waals surface area contributed by atoms with Gasteiger partial charge in [0.25, 0.3) is 0 Å². The molecule has 60 heavy (non-hydrogen) atoms. The third-order valence-corrected chi connectivity index (χ3v) is 10.6. The van der Waals surface area contributed by atoms with Crippen LogP contribution in [0.25, 0.3) is 67.8 Å². The van der Waals surface area contributed by atoms with E-state index in [-0.39, 0.29) is 6.79 Å². The largest absolute Gasteiger partial charge is 0.458 e. The van der Waals surface area contributed by atoms with Crippen LogP contribution in [0.2, 0.25) is 0 Å². The fraction of sp³-hybridized carbons (Fsp3) is 0.0357. The predicted octanol–water partition coefficient (Wildman–Crippen LogP) is 14.1. The summed E-state index contributed by atoms with van der Waals surface area (Å²) in [6.07, 6.45) is 4.54. The highest BCUT2D eigenvalue weighted by atomic mass is 16.7. The summed E-state index contributed by atoms with van der Waals surface area (Å²) in [6, 6.07) is 65.9. The van der Waals surface area contributed by atoms with E-state index >= 15 is 0 Å². The summed E-state index contributed by atoms with van der Waals surface area (Å²) >= 11 is 0. The highest BCUT2D eigenvalue weighted by Gasteiger charge is 2.15. The standard InChI is InChI=1S/C56H40N2O2/c1-3-39-5-15-45(16-6-39)46-17-7-41(8-18-46)33-42-9-21-49(22-10-42)53-31-13-40(4-2)34-55(53)56-35-44(37-58)14-32-54(56)50-25-29-52(30-26-50)60-38-59-51-27-23-48(24-28-51)47-19-11-43(36-57)12-20-47/h3-32,34-35H,1-2,33,38H2. The van der Waals surface area contributed by atoms with E-state index in [1.165, 1.54) is 22.3 Å².